The summed E-state index contributed by atoms with van der Waals surface area (Å²) >= 11 is 1.45. The van der Waals surface area contributed by atoms with Crippen molar-refractivity contribution in [1.29, 1.82) is 0 Å². The van der Waals surface area contributed by atoms with Gasteiger partial charge in [-0.25, -0.2) is 0 Å². The van der Waals surface area contributed by atoms with Gasteiger partial charge in [0.15, 0.2) is 5.16 Å². The van der Waals surface area contributed by atoms with Crippen molar-refractivity contribution in [1.82, 2.24) is 20.1 Å². The number of benzene rings is 1. The second kappa shape index (κ2) is 9.38. The van der Waals surface area contributed by atoms with Crippen molar-refractivity contribution >= 4 is 17.7 Å². The molecule has 0 radical (unpaired) electrons. The SMILES string of the molecule is C=CCn1c(SCC(=O)NCCc2c(C)cc(C(C)(C)C)cc2C)nnc1C1CC1. The maximum absolute atomic E-state index is 12.4. The highest BCUT2D eigenvalue weighted by atomic mass is 32.2. The van der Waals surface area contributed by atoms with Crippen molar-refractivity contribution in [2.45, 2.75) is 76.9 Å². The summed E-state index contributed by atoms with van der Waals surface area (Å²) in [5.41, 5.74) is 5.43. The first-order valence-corrected chi connectivity index (χ1v) is 11.7. The molecule has 1 saturated carbocycles. The van der Waals surface area contributed by atoms with Gasteiger partial charge in [0.05, 0.1) is 5.75 Å². The smallest absolute Gasteiger partial charge is 0.230 e. The van der Waals surface area contributed by atoms with Gasteiger partial charge in [0.1, 0.15) is 5.82 Å². The van der Waals surface area contributed by atoms with Crippen molar-refractivity contribution in [2.24, 2.45) is 0 Å². The molecule has 0 unspecified atom stereocenters. The number of thioether (sulfide) groups is 1. The van der Waals surface area contributed by atoms with Crippen LogP contribution in [0.15, 0.2) is 29.9 Å². The van der Waals surface area contributed by atoms with Crippen LogP contribution in [0.5, 0.6) is 0 Å². The van der Waals surface area contributed by atoms with Gasteiger partial charge in [-0.15, -0.1) is 16.8 Å². The normalized spacial score (nSPS) is 14.0. The highest BCUT2D eigenvalue weighted by Crippen LogP contribution is 2.40. The average Bonchev–Trinajstić information content (AvgIpc) is 3.43. The third-order valence-corrected chi connectivity index (χ3v) is 6.56. The summed E-state index contributed by atoms with van der Waals surface area (Å²) in [6, 6.07) is 4.56. The second-order valence-corrected chi connectivity index (χ2v) is 10.2. The Balaban J connectivity index is 1.52. The maximum Gasteiger partial charge on any atom is 0.230 e. The van der Waals surface area contributed by atoms with Crippen LogP contribution in [-0.4, -0.2) is 33.0 Å². The lowest BCUT2D eigenvalue weighted by molar-refractivity contribution is -0.118. The topological polar surface area (TPSA) is 59.8 Å². The Morgan fingerprint density at radius 1 is 1.27 bits per heavy atom. The maximum atomic E-state index is 12.4. The molecule has 0 atom stereocenters. The summed E-state index contributed by atoms with van der Waals surface area (Å²) < 4.78 is 2.09. The molecule has 6 heteroatoms. The Labute approximate surface area is 184 Å². The molecule has 0 saturated heterocycles. The van der Waals surface area contributed by atoms with Crippen LogP contribution in [0.2, 0.25) is 0 Å². The van der Waals surface area contributed by atoms with Gasteiger partial charge < -0.3 is 9.88 Å². The Morgan fingerprint density at radius 2 is 1.93 bits per heavy atom. The molecule has 1 aromatic carbocycles. The standard InChI is InChI=1S/C24H34N4OS/c1-7-12-28-22(18-8-9-18)26-27-23(28)30-15-21(29)25-11-10-20-16(2)13-19(14-17(20)3)24(4,5)6/h7,13-14,18H,1,8-12,15H2,2-6H3,(H,25,29). The Morgan fingerprint density at radius 3 is 2.50 bits per heavy atom. The van der Waals surface area contributed by atoms with Crippen LogP contribution in [0.3, 0.4) is 0 Å². The molecule has 1 aromatic heterocycles. The molecule has 2 aromatic rings. The third kappa shape index (κ3) is 5.54. The molecule has 0 spiro atoms. The summed E-state index contributed by atoms with van der Waals surface area (Å²) in [5, 5.41) is 12.5. The van der Waals surface area contributed by atoms with E-state index in [1.165, 1.54) is 46.9 Å². The molecular formula is C24H34N4OS. The molecule has 0 aliphatic heterocycles. The number of allylic oxidation sites excluding steroid dienone is 1. The Kier molecular flexibility index (Phi) is 7.06. The molecule has 1 N–H and O–H groups in total. The van der Waals surface area contributed by atoms with Gasteiger partial charge in [-0.3, -0.25) is 4.79 Å². The zero-order valence-corrected chi connectivity index (χ0v) is 19.7. The number of nitrogens with one attached hydrogen (secondary N) is 1. The fraction of sp³-hybridized carbons (Fsp3) is 0.542. The van der Waals surface area contributed by atoms with E-state index in [9.17, 15) is 4.79 Å². The minimum atomic E-state index is 0.0303. The molecule has 1 heterocycles. The fourth-order valence-electron chi connectivity index (χ4n) is 3.68. The number of rotatable bonds is 9. The van der Waals surface area contributed by atoms with Crippen LogP contribution in [0.4, 0.5) is 0 Å². The molecule has 162 valence electrons. The van der Waals surface area contributed by atoms with E-state index in [4.69, 9.17) is 0 Å². The number of aromatic nitrogens is 3. The van der Waals surface area contributed by atoms with Crippen LogP contribution >= 0.6 is 11.8 Å². The van der Waals surface area contributed by atoms with Crippen molar-refractivity contribution in [2.75, 3.05) is 12.3 Å². The predicted octanol–water partition coefficient (Wildman–Crippen LogP) is 4.71. The predicted molar refractivity (Wildman–Crippen MR) is 124 cm³/mol. The van der Waals surface area contributed by atoms with E-state index in [1.807, 2.05) is 6.08 Å². The minimum Gasteiger partial charge on any atom is -0.355 e. The molecule has 0 bridgehead atoms. The number of nitrogens with zero attached hydrogens (tertiary/aromatic N) is 3. The molecule has 1 fully saturated rings. The van der Waals surface area contributed by atoms with E-state index in [1.54, 1.807) is 0 Å². The van der Waals surface area contributed by atoms with Crippen molar-refractivity contribution in [3.05, 3.63) is 52.9 Å². The first kappa shape index (κ1) is 22.6. The number of amides is 1. The highest BCUT2D eigenvalue weighted by molar-refractivity contribution is 7.99. The average molecular weight is 427 g/mol. The molecule has 5 nitrogen and oxygen atoms in total. The monoisotopic (exact) mass is 426 g/mol. The number of carbonyl (C=O) groups is 1. The molecule has 1 aliphatic rings. The summed E-state index contributed by atoms with van der Waals surface area (Å²) in [7, 11) is 0. The third-order valence-electron chi connectivity index (χ3n) is 5.59. The largest absolute Gasteiger partial charge is 0.355 e. The van der Waals surface area contributed by atoms with E-state index in [2.05, 4.69) is 73.4 Å². The number of carbonyl (C=O) groups excluding carboxylic acids is 1. The molecule has 1 aliphatic carbocycles. The molecule has 3 rings (SSSR count). The van der Waals surface area contributed by atoms with Gasteiger partial charge in [0.25, 0.3) is 0 Å². The van der Waals surface area contributed by atoms with Crippen molar-refractivity contribution in [3.63, 3.8) is 0 Å². The molecule has 1 amide bonds. The van der Waals surface area contributed by atoms with Crippen LogP contribution in [-0.2, 0) is 23.2 Å². The zero-order valence-electron chi connectivity index (χ0n) is 18.9. The van der Waals surface area contributed by atoms with Crippen LogP contribution in [0.25, 0.3) is 0 Å². The van der Waals surface area contributed by atoms with Gasteiger partial charge in [-0.2, -0.15) is 0 Å². The van der Waals surface area contributed by atoms with Gasteiger partial charge in [-0.1, -0.05) is 50.7 Å². The Bertz CT molecular complexity index is 899. The highest BCUT2D eigenvalue weighted by Gasteiger charge is 2.30. The zero-order chi connectivity index (χ0) is 21.9. The fourth-order valence-corrected chi connectivity index (χ4v) is 4.46. The van der Waals surface area contributed by atoms with Crippen molar-refractivity contribution < 1.29 is 4.79 Å². The van der Waals surface area contributed by atoms with Crippen molar-refractivity contribution in [3.8, 4) is 0 Å². The van der Waals surface area contributed by atoms with E-state index >= 15 is 0 Å². The lowest BCUT2D eigenvalue weighted by atomic mass is 9.83. The number of hydrogen-bond donors (Lipinski definition) is 1. The van der Waals surface area contributed by atoms with Crippen LogP contribution in [0, 0.1) is 13.8 Å². The van der Waals surface area contributed by atoms with Crippen LogP contribution in [0.1, 0.15) is 67.6 Å². The second-order valence-electron chi connectivity index (χ2n) is 9.24. The summed E-state index contributed by atoms with van der Waals surface area (Å²) in [6.45, 7) is 16.2. The van der Waals surface area contributed by atoms with E-state index < -0.39 is 0 Å². The van der Waals surface area contributed by atoms with Gasteiger partial charge in [0.2, 0.25) is 5.91 Å². The number of aryl methyl sites for hydroxylation is 2. The van der Waals surface area contributed by atoms with Crippen LogP contribution < -0.4 is 5.32 Å². The summed E-state index contributed by atoms with van der Waals surface area (Å²) in [6.07, 6.45) is 5.05. The summed E-state index contributed by atoms with van der Waals surface area (Å²) in [5.74, 6) is 1.93. The Hall–Kier alpha value is -2.08. The van der Waals surface area contributed by atoms with Gasteiger partial charge in [-0.05, 0) is 60.8 Å². The first-order valence-electron chi connectivity index (χ1n) is 10.7. The molecule has 30 heavy (non-hydrogen) atoms. The minimum absolute atomic E-state index is 0.0303. The molecular weight excluding hydrogens is 392 g/mol. The quantitative estimate of drug-likeness (QED) is 0.466. The van der Waals surface area contributed by atoms with Gasteiger partial charge >= 0.3 is 0 Å². The first-order chi connectivity index (χ1) is 14.2. The lowest BCUT2D eigenvalue weighted by Gasteiger charge is -2.22. The van der Waals surface area contributed by atoms with Gasteiger partial charge in [0, 0.05) is 19.0 Å². The van der Waals surface area contributed by atoms with E-state index in [0.29, 0.717) is 24.8 Å². The van der Waals surface area contributed by atoms with E-state index in [-0.39, 0.29) is 11.3 Å². The number of hydrogen-bond acceptors (Lipinski definition) is 4. The van der Waals surface area contributed by atoms with E-state index in [0.717, 1.165) is 17.4 Å². The summed E-state index contributed by atoms with van der Waals surface area (Å²) in [4.78, 5) is 12.4. The lowest BCUT2D eigenvalue weighted by Crippen LogP contribution is -2.28.